The number of carbonyl (C=O) groups is 2. The van der Waals surface area contributed by atoms with Gasteiger partial charge in [0.1, 0.15) is 0 Å². The van der Waals surface area contributed by atoms with Crippen LogP contribution in [0.5, 0.6) is 0 Å². The van der Waals surface area contributed by atoms with E-state index in [2.05, 4.69) is 29.0 Å². The molecule has 0 unspecified atom stereocenters. The van der Waals surface area contributed by atoms with E-state index in [1.165, 1.54) is 0 Å². The molecular formula is C24H42N4O2. The number of likely N-dealkylation sites (N-methyl/N-ethyl adjacent to an activating group) is 1. The third-order valence-corrected chi connectivity index (χ3v) is 5.26. The van der Waals surface area contributed by atoms with Crippen molar-refractivity contribution in [3.05, 3.63) is 23.8 Å². The van der Waals surface area contributed by atoms with Crippen molar-refractivity contribution in [3.8, 4) is 0 Å². The maximum absolute atomic E-state index is 13.2. The van der Waals surface area contributed by atoms with Gasteiger partial charge in [-0.3, -0.25) is 9.59 Å². The lowest BCUT2D eigenvalue weighted by Gasteiger charge is -2.30. The molecule has 0 heterocycles. The van der Waals surface area contributed by atoms with Crippen LogP contribution >= 0.6 is 0 Å². The molecule has 170 valence electrons. The number of amides is 2. The van der Waals surface area contributed by atoms with E-state index < -0.39 is 0 Å². The third-order valence-electron chi connectivity index (χ3n) is 5.26. The lowest BCUT2D eigenvalue weighted by Crippen LogP contribution is -2.40. The molecule has 0 aromatic heterocycles. The normalized spacial score (nSPS) is 11.3. The van der Waals surface area contributed by atoms with Crippen LogP contribution < -0.4 is 10.2 Å². The molecule has 1 N–H and O–H groups in total. The standard InChI is InChI=1S/C24H42N4O2/c1-9-19(10-2)24(30)28(14-13-26(5)6)17-20-16-21(11-12-22(20)27(7)8)25-23(29)15-18(3)4/h11-12,16,18-19H,9-10,13-15,17H2,1-8H3,(H,25,29). The maximum atomic E-state index is 13.2. The number of benzene rings is 1. The molecule has 6 heteroatoms. The summed E-state index contributed by atoms with van der Waals surface area (Å²) in [6.07, 6.45) is 2.19. The molecule has 1 rings (SSSR count). The van der Waals surface area contributed by atoms with Gasteiger partial charge < -0.3 is 20.0 Å². The minimum atomic E-state index is 0.0196. The quantitative estimate of drug-likeness (QED) is 0.556. The minimum absolute atomic E-state index is 0.0196. The average Bonchev–Trinajstić information content (AvgIpc) is 2.64. The fourth-order valence-electron chi connectivity index (χ4n) is 3.50. The second-order valence-corrected chi connectivity index (χ2v) is 8.96. The van der Waals surface area contributed by atoms with Crippen LogP contribution in [0, 0.1) is 11.8 Å². The number of hydrogen-bond acceptors (Lipinski definition) is 4. The molecule has 6 nitrogen and oxygen atoms in total. The molecule has 2 amide bonds. The lowest BCUT2D eigenvalue weighted by atomic mass is 10.0. The first-order chi connectivity index (χ1) is 14.1. The Balaban J connectivity index is 3.18. The van der Waals surface area contributed by atoms with Gasteiger partial charge in [0.15, 0.2) is 0 Å². The molecule has 0 aliphatic rings. The Morgan fingerprint density at radius 2 is 1.63 bits per heavy atom. The molecule has 0 bridgehead atoms. The summed E-state index contributed by atoms with van der Waals surface area (Å²) in [6.45, 7) is 10.2. The fraction of sp³-hybridized carbons (Fsp3) is 0.667. The molecule has 0 saturated carbocycles. The Labute approximate surface area is 183 Å². The van der Waals surface area contributed by atoms with Crippen LogP contribution in [0.1, 0.15) is 52.5 Å². The second-order valence-electron chi connectivity index (χ2n) is 8.96. The lowest BCUT2D eigenvalue weighted by molar-refractivity contribution is -0.136. The first-order valence-corrected chi connectivity index (χ1v) is 11.1. The summed E-state index contributed by atoms with van der Waals surface area (Å²) in [6, 6.07) is 5.96. The van der Waals surface area contributed by atoms with Crippen LogP contribution in [-0.2, 0) is 16.1 Å². The molecule has 1 aromatic rings. The van der Waals surface area contributed by atoms with Gasteiger partial charge in [0, 0.05) is 57.4 Å². The smallest absolute Gasteiger partial charge is 0.226 e. The third kappa shape index (κ3) is 8.34. The van der Waals surface area contributed by atoms with E-state index in [0.29, 0.717) is 25.4 Å². The van der Waals surface area contributed by atoms with E-state index >= 15 is 0 Å². The Kier molecular flexibility index (Phi) is 10.9. The Hall–Kier alpha value is -2.08. The van der Waals surface area contributed by atoms with Crippen LogP contribution in [0.2, 0.25) is 0 Å². The molecule has 0 aliphatic heterocycles. The Morgan fingerprint density at radius 3 is 2.13 bits per heavy atom. The van der Waals surface area contributed by atoms with Crippen molar-refractivity contribution in [2.75, 3.05) is 51.5 Å². The largest absolute Gasteiger partial charge is 0.377 e. The molecular weight excluding hydrogens is 376 g/mol. The number of rotatable bonds is 12. The maximum Gasteiger partial charge on any atom is 0.226 e. The van der Waals surface area contributed by atoms with Gasteiger partial charge in [-0.15, -0.1) is 0 Å². The molecule has 30 heavy (non-hydrogen) atoms. The molecule has 0 spiro atoms. The Bertz CT molecular complexity index is 682. The van der Waals surface area contributed by atoms with E-state index in [1.54, 1.807) is 0 Å². The fourth-order valence-corrected chi connectivity index (χ4v) is 3.50. The van der Waals surface area contributed by atoms with Gasteiger partial charge in [-0.05, 0) is 56.6 Å². The van der Waals surface area contributed by atoms with Crippen molar-refractivity contribution >= 4 is 23.2 Å². The van der Waals surface area contributed by atoms with Crippen molar-refractivity contribution in [1.82, 2.24) is 9.80 Å². The topological polar surface area (TPSA) is 55.9 Å². The highest BCUT2D eigenvalue weighted by Crippen LogP contribution is 2.26. The predicted octanol–water partition coefficient (Wildman–Crippen LogP) is 4.06. The van der Waals surface area contributed by atoms with Gasteiger partial charge in [0.05, 0.1) is 0 Å². The van der Waals surface area contributed by atoms with Crippen molar-refractivity contribution in [3.63, 3.8) is 0 Å². The highest BCUT2D eigenvalue weighted by molar-refractivity contribution is 5.91. The molecule has 0 radical (unpaired) electrons. The monoisotopic (exact) mass is 418 g/mol. The molecule has 0 fully saturated rings. The molecule has 1 aromatic carbocycles. The number of carbonyl (C=O) groups excluding carboxylic acids is 2. The summed E-state index contributed by atoms with van der Waals surface area (Å²) in [4.78, 5) is 31.6. The van der Waals surface area contributed by atoms with Crippen LogP contribution in [0.4, 0.5) is 11.4 Å². The number of hydrogen-bond donors (Lipinski definition) is 1. The van der Waals surface area contributed by atoms with Crippen LogP contribution in [0.15, 0.2) is 18.2 Å². The van der Waals surface area contributed by atoms with Gasteiger partial charge in [0.2, 0.25) is 11.8 Å². The number of nitrogens with zero attached hydrogens (tertiary/aromatic N) is 3. The highest BCUT2D eigenvalue weighted by Gasteiger charge is 2.23. The number of anilines is 2. The van der Waals surface area contributed by atoms with Crippen LogP contribution in [0.3, 0.4) is 0 Å². The zero-order chi connectivity index (χ0) is 22.8. The summed E-state index contributed by atoms with van der Waals surface area (Å²) in [5.74, 6) is 0.584. The zero-order valence-corrected chi connectivity index (χ0v) is 20.3. The predicted molar refractivity (Wildman–Crippen MR) is 127 cm³/mol. The van der Waals surface area contributed by atoms with Crippen molar-refractivity contribution in [2.45, 2.75) is 53.5 Å². The summed E-state index contributed by atoms with van der Waals surface area (Å²) < 4.78 is 0. The van der Waals surface area contributed by atoms with Crippen molar-refractivity contribution < 1.29 is 9.59 Å². The van der Waals surface area contributed by atoms with E-state index in [1.807, 2.05) is 65.1 Å². The SMILES string of the molecule is CCC(CC)C(=O)N(CCN(C)C)Cc1cc(NC(=O)CC(C)C)ccc1N(C)C. The van der Waals surface area contributed by atoms with Gasteiger partial charge in [-0.2, -0.15) is 0 Å². The minimum Gasteiger partial charge on any atom is -0.377 e. The highest BCUT2D eigenvalue weighted by atomic mass is 16.2. The number of nitrogens with one attached hydrogen (secondary N) is 1. The van der Waals surface area contributed by atoms with Crippen LogP contribution in [0.25, 0.3) is 0 Å². The van der Waals surface area contributed by atoms with E-state index in [9.17, 15) is 9.59 Å². The van der Waals surface area contributed by atoms with Crippen molar-refractivity contribution in [2.24, 2.45) is 11.8 Å². The van der Waals surface area contributed by atoms with E-state index in [4.69, 9.17) is 0 Å². The summed E-state index contributed by atoms with van der Waals surface area (Å²) in [5.41, 5.74) is 2.88. The first-order valence-electron chi connectivity index (χ1n) is 11.1. The van der Waals surface area contributed by atoms with Gasteiger partial charge in [-0.1, -0.05) is 27.7 Å². The Morgan fingerprint density at radius 1 is 1.00 bits per heavy atom. The zero-order valence-electron chi connectivity index (χ0n) is 20.3. The molecule has 0 saturated heterocycles. The van der Waals surface area contributed by atoms with Gasteiger partial charge >= 0.3 is 0 Å². The van der Waals surface area contributed by atoms with E-state index in [0.717, 1.165) is 36.3 Å². The van der Waals surface area contributed by atoms with Gasteiger partial charge in [0.25, 0.3) is 0 Å². The second kappa shape index (κ2) is 12.6. The summed E-state index contributed by atoms with van der Waals surface area (Å²) >= 11 is 0. The first kappa shape index (κ1) is 26.0. The molecule has 0 atom stereocenters. The summed E-state index contributed by atoms with van der Waals surface area (Å²) in [7, 11) is 8.05. The average molecular weight is 419 g/mol. The van der Waals surface area contributed by atoms with Crippen molar-refractivity contribution in [1.29, 1.82) is 0 Å². The van der Waals surface area contributed by atoms with Gasteiger partial charge in [-0.25, -0.2) is 0 Å². The van der Waals surface area contributed by atoms with Crippen LogP contribution in [-0.4, -0.2) is 62.9 Å². The van der Waals surface area contributed by atoms with E-state index in [-0.39, 0.29) is 17.7 Å². The molecule has 0 aliphatic carbocycles. The summed E-state index contributed by atoms with van der Waals surface area (Å²) in [5, 5.41) is 3.01.